The van der Waals surface area contributed by atoms with Crippen molar-refractivity contribution in [1.82, 2.24) is 15.0 Å². The van der Waals surface area contributed by atoms with Crippen LogP contribution in [-0.4, -0.2) is 15.0 Å². The summed E-state index contributed by atoms with van der Waals surface area (Å²) in [5, 5.41) is 8.76. The van der Waals surface area contributed by atoms with Gasteiger partial charge in [-0.05, 0) is 5.92 Å². The highest BCUT2D eigenvalue weighted by molar-refractivity contribution is 8.00. The van der Waals surface area contributed by atoms with Crippen molar-refractivity contribution in [2.75, 3.05) is 0 Å². The first-order chi connectivity index (χ1) is 5.24. The lowest BCUT2D eigenvalue weighted by Crippen LogP contribution is -2.06. The van der Waals surface area contributed by atoms with Crippen LogP contribution >= 0.6 is 11.8 Å². The third kappa shape index (κ3) is 2.22. The average Bonchev–Trinajstić information content (AvgIpc) is 2.34. The average molecular weight is 170 g/mol. The topological polar surface area (TPSA) is 30.7 Å². The molecule has 0 amide bonds. The minimum absolute atomic E-state index is 0.600. The van der Waals surface area contributed by atoms with Crippen molar-refractivity contribution in [2.24, 2.45) is 5.92 Å². The van der Waals surface area contributed by atoms with Gasteiger partial charge in [0.1, 0.15) is 5.03 Å². The van der Waals surface area contributed by atoms with Gasteiger partial charge < -0.3 is 0 Å². The van der Waals surface area contributed by atoms with E-state index in [2.05, 4.69) is 30.4 Å². The molecule has 0 aliphatic carbocycles. The Balaban J connectivity index is 2.68. The fourth-order valence-corrected chi connectivity index (χ4v) is 1.21. The van der Waals surface area contributed by atoms with Crippen LogP contribution in [0.15, 0.2) is 11.2 Å². The molecule has 3 nitrogen and oxygen atoms in total. The van der Waals surface area contributed by atoms with Crippen LogP contribution in [0.2, 0.25) is 0 Å². The van der Waals surface area contributed by atoms with Crippen molar-refractivity contribution >= 4 is 11.8 Å². The summed E-state index contributed by atoms with van der Waals surface area (Å²) < 4.78 is 1.88. The minimum atomic E-state index is 0.600. The molecule has 0 saturated carbocycles. The van der Waals surface area contributed by atoms with Crippen LogP contribution in [0.25, 0.3) is 0 Å². The largest absolute Gasteiger partial charge is 0.239 e. The summed E-state index contributed by atoms with van der Waals surface area (Å²) in [6.07, 6.45) is 5.45. The summed E-state index contributed by atoms with van der Waals surface area (Å²) in [4.78, 5) is 0. The lowest BCUT2D eigenvalue weighted by Gasteiger charge is -2.05. The second-order valence-electron chi connectivity index (χ2n) is 2.79. The molecule has 11 heavy (non-hydrogen) atoms. The van der Waals surface area contributed by atoms with Crippen LogP contribution in [0.5, 0.6) is 0 Å². The maximum atomic E-state index is 3.93. The molecule has 1 aromatic heterocycles. The molecule has 0 fully saturated rings. The van der Waals surface area contributed by atoms with E-state index in [4.69, 9.17) is 0 Å². The second kappa shape index (κ2) is 3.76. The molecule has 1 heterocycles. The summed E-state index contributed by atoms with van der Waals surface area (Å²) in [5.41, 5.74) is 0. The first-order valence-electron chi connectivity index (χ1n) is 3.54. The van der Waals surface area contributed by atoms with Crippen molar-refractivity contribution in [3.63, 3.8) is 0 Å². The fourth-order valence-electron chi connectivity index (χ4n) is 0.832. The van der Waals surface area contributed by atoms with Crippen LogP contribution in [-0.2, 0) is 6.54 Å². The van der Waals surface area contributed by atoms with E-state index in [1.165, 1.54) is 11.8 Å². The third-order valence-corrected chi connectivity index (χ3v) is 1.88. The first-order valence-corrected chi connectivity index (χ1v) is 4.53. The Labute approximate surface area is 71.2 Å². The molecule has 0 N–H and O–H groups in total. The molecule has 0 bridgehead atoms. The Hall–Kier alpha value is -0.510. The van der Waals surface area contributed by atoms with E-state index in [1.807, 2.05) is 4.68 Å². The molecule has 0 atom stereocenters. The van der Waals surface area contributed by atoms with Gasteiger partial charge in [0.05, 0.1) is 6.20 Å². The van der Waals surface area contributed by atoms with Gasteiger partial charge in [-0.1, -0.05) is 19.1 Å². The summed E-state index contributed by atoms with van der Waals surface area (Å²) in [6, 6.07) is 0. The maximum absolute atomic E-state index is 3.93. The van der Waals surface area contributed by atoms with Gasteiger partial charge in [-0.3, -0.25) is 0 Å². The van der Waals surface area contributed by atoms with Gasteiger partial charge in [-0.2, -0.15) is 0 Å². The van der Waals surface area contributed by atoms with Gasteiger partial charge in [0.15, 0.2) is 0 Å². The van der Waals surface area contributed by atoms with Gasteiger partial charge in [-0.15, -0.1) is 16.9 Å². The van der Waals surface area contributed by atoms with Crippen molar-refractivity contribution in [3.8, 4) is 0 Å². The lowest BCUT2D eigenvalue weighted by molar-refractivity contribution is 0.447. The zero-order valence-electron chi connectivity index (χ0n) is 6.82. The van der Waals surface area contributed by atoms with E-state index >= 15 is 0 Å². The third-order valence-electron chi connectivity index (χ3n) is 1.27. The van der Waals surface area contributed by atoms with E-state index in [1.54, 1.807) is 6.20 Å². The van der Waals surface area contributed by atoms with Crippen molar-refractivity contribution in [2.45, 2.75) is 25.4 Å². The van der Waals surface area contributed by atoms with E-state index in [0.29, 0.717) is 5.92 Å². The maximum Gasteiger partial charge on any atom is 0.114 e. The Morgan fingerprint density at radius 3 is 3.00 bits per heavy atom. The highest BCUT2D eigenvalue weighted by Gasteiger charge is 2.03. The molecule has 0 aliphatic rings. The second-order valence-corrected chi connectivity index (χ2v) is 3.50. The quantitative estimate of drug-likeness (QED) is 0.648. The molecule has 61 valence electrons. The number of rotatable bonds is 3. The van der Waals surface area contributed by atoms with E-state index in [0.717, 1.165) is 11.6 Å². The van der Waals surface area contributed by atoms with Crippen molar-refractivity contribution in [1.29, 1.82) is 0 Å². The Morgan fingerprint density at radius 1 is 1.73 bits per heavy atom. The molecular weight excluding hydrogens is 158 g/mol. The molecule has 1 aromatic rings. The molecule has 0 saturated heterocycles. The first kappa shape index (κ1) is 8.59. The Bertz CT molecular complexity index is 219. The predicted molar refractivity (Wildman–Crippen MR) is 46.1 cm³/mol. The minimum Gasteiger partial charge on any atom is -0.239 e. The van der Waals surface area contributed by atoms with Crippen LogP contribution in [0.1, 0.15) is 13.8 Å². The summed E-state index contributed by atoms with van der Waals surface area (Å²) in [7, 11) is 0. The van der Waals surface area contributed by atoms with Crippen LogP contribution in [0.4, 0.5) is 0 Å². The molecule has 1 radical (unpaired) electrons. The lowest BCUT2D eigenvalue weighted by atomic mass is 10.2. The normalized spacial score (nSPS) is 10.9. The van der Waals surface area contributed by atoms with Crippen molar-refractivity contribution < 1.29 is 0 Å². The zero-order chi connectivity index (χ0) is 8.27. The van der Waals surface area contributed by atoms with Gasteiger partial charge in [0.2, 0.25) is 0 Å². The molecule has 0 spiro atoms. The SMILES string of the molecule is [CH2]Sc1cnnn1CC(C)C. The van der Waals surface area contributed by atoms with Gasteiger partial charge in [-0.25, -0.2) is 4.68 Å². The van der Waals surface area contributed by atoms with E-state index in [9.17, 15) is 0 Å². The standard InChI is InChI=1S/C7H12N3S/c1-6(2)5-10-7(11-3)4-8-9-10/h4,6H,3,5H2,1-2H3. The van der Waals surface area contributed by atoms with Gasteiger partial charge in [0, 0.05) is 12.8 Å². The van der Waals surface area contributed by atoms with Crippen LogP contribution in [0.3, 0.4) is 0 Å². The summed E-state index contributed by atoms with van der Waals surface area (Å²) >= 11 is 1.43. The smallest absolute Gasteiger partial charge is 0.114 e. The highest BCUT2D eigenvalue weighted by Crippen LogP contribution is 2.14. The summed E-state index contributed by atoms with van der Waals surface area (Å²) in [6.45, 7) is 5.22. The van der Waals surface area contributed by atoms with Crippen LogP contribution < -0.4 is 0 Å². The number of nitrogens with zero attached hydrogens (tertiary/aromatic N) is 3. The van der Waals surface area contributed by atoms with Gasteiger partial charge in [0.25, 0.3) is 0 Å². The Morgan fingerprint density at radius 2 is 2.45 bits per heavy atom. The number of hydrogen-bond acceptors (Lipinski definition) is 3. The predicted octanol–water partition coefficient (Wildman–Crippen LogP) is 1.82. The molecule has 1 rings (SSSR count). The zero-order valence-corrected chi connectivity index (χ0v) is 7.64. The number of hydrogen-bond donors (Lipinski definition) is 0. The van der Waals surface area contributed by atoms with Crippen molar-refractivity contribution in [3.05, 3.63) is 12.5 Å². The fraction of sp³-hybridized carbons (Fsp3) is 0.571. The monoisotopic (exact) mass is 170 g/mol. The molecule has 4 heteroatoms. The number of aromatic nitrogens is 3. The van der Waals surface area contributed by atoms with Gasteiger partial charge >= 0.3 is 0 Å². The molecule has 0 aromatic carbocycles. The molecule has 0 unspecified atom stereocenters. The van der Waals surface area contributed by atoms with E-state index in [-0.39, 0.29) is 0 Å². The summed E-state index contributed by atoms with van der Waals surface area (Å²) in [5.74, 6) is 0.600. The molecular formula is C7H12N3S. The highest BCUT2D eigenvalue weighted by atomic mass is 32.2. The Kier molecular flexibility index (Phi) is 2.93. The van der Waals surface area contributed by atoms with E-state index < -0.39 is 0 Å². The number of thioether (sulfide) groups is 1. The molecule has 0 aliphatic heterocycles. The van der Waals surface area contributed by atoms with Crippen LogP contribution in [0, 0.1) is 12.2 Å².